The molecule has 7 nitrogen and oxygen atoms in total. The third-order valence-electron chi connectivity index (χ3n) is 4.71. The number of H-pyrrole nitrogens is 1. The first-order valence-corrected chi connectivity index (χ1v) is 8.93. The van der Waals surface area contributed by atoms with Crippen LogP contribution >= 0.6 is 0 Å². The molecule has 1 saturated heterocycles. The number of likely N-dealkylation sites (N-methyl/N-ethyl adjacent to an activating group) is 1. The standard InChI is InChI=1S/C18H27N7/c1-3-25-9-5-8-16(25)12-21-18(19-2)20-11-14-6-4-7-15(10-14)17-22-13-23-24-17/h4,6-7,10,13,16H,3,5,8-9,11-12H2,1-2H3,(H2,19,20,21)(H,22,23,24). The highest BCUT2D eigenvalue weighted by molar-refractivity contribution is 5.79. The first-order chi connectivity index (χ1) is 12.3. The van der Waals surface area contributed by atoms with Gasteiger partial charge in [-0.05, 0) is 37.6 Å². The molecule has 25 heavy (non-hydrogen) atoms. The number of aromatic amines is 1. The SMILES string of the molecule is CCN1CCCC1CNC(=NC)NCc1cccc(-c2ncn[nH]2)c1. The zero-order valence-electron chi connectivity index (χ0n) is 15.0. The number of rotatable bonds is 6. The van der Waals surface area contributed by atoms with Crippen molar-refractivity contribution in [2.24, 2.45) is 4.99 Å². The van der Waals surface area contributed by atoms with Gasteiger partial charge in [-0.2, -0.15) is 5.10 Å². The molecule has 1 aromatic carbocycles. The zero-order valence-corrected chi connectivity index (χ0v) is 15.0. The number of hydrogen-bond acceptors (Lipinski definition) is 4. The lowest BCUT2D eigenvalue weighted by Gasteiger charge is -2.24. The van der Waals surface area contributed by atoms with Crippen LogP contribution in [0.1, 0.15) is 25.3 Å². The molecular weight excluding hydrogens is 314 g/mol. The van der Waals surface area contributed by atoms with E-state index in [0.717, 1.165) is 30.4 Å². The molecule has 3 rings (SSSR count). The molecule has 7 heteroatoms. The van der Waals surface area contributed by atoms with Gasteiger partial charge in [0, 0.05) is 31.7 Å². The molecule has 0 spiro atoms. The Morgan fingerprint density at radius 1 is 1.40 bits per heavy atom. The summed E-state index contributed by atoms with van der Waals surface area (Å²) >= 11 is 0. The van der Waals surface area contributed by atoms with Crippen LogP contribution in [0.2, 0.25) is 0 Å². The summed E-state index contributed by atoms with van der Waals surface area (Å²) in [6.07, 6.45) is 4.08. The fraction of sp³-hybridized carbons (Fsp3) is 0.500. The van der Waals surface area contributed by atoms with E-state index < -0.39 is 0 Å². The molecule has 2 heterocycles. The molecular formula is C18H27N7. The maximum atomic E-state index is 4.33. The molecule has 0 saturated carbocycles. The Morgan fingerprint density at radius 3 is 3.08 bits per heavy atom. The first kappa shape index (κ1) is 17.4. The third-order valence-corrected chi connectivity index (χ3v) is 4.71. The molecule has 1 aliphatic rings. The molecule has 3 N–H and O–H groups in total. The molecule has 0 bridgehead atoms. The van der Waals surface area contributed by atoms with Crippen molar-refractivity contribution in [1.82, 2.24) is 30.7 Å². The van der Waals surface area contributed by atoms with Crippen LogP contribution in [-0.4, -0.2) is 58.8 Å². The van der Waals surface area contributed by atoms with Gasteiger partial charge in [-0.3, -0.25) is 15.0 Å². The molecule has 1 aromatic heterocycles. The van der Waals surface area contributed by atoms with Gasteiger partial charge in [0.2, 0.25) is 0 Å². The van der Waals surface area contributed by atoms with Crippen LogP contribution in [0.5, 0.6) is 0 Å². The number of likely N-dealkylation sites (tertiary alicyclic amines) is 1. The summed E-state index contributed by atoms with van der Waals surface area (Å²) in [6.45, 7) is 6.21. The summed E-state index contributed by atoms with van der Waals surface area (Å²) in [7, 11) is 1.81. The van der Waals surface area contributed by atoms with Crippen LogP contribution in [0.25, 0.3) is 11.4 Å². The summed E-state index contributed by atoms with van der Waals surface area (Å²) in [5.74, 6) is 1.62. The second kappa shape index (κ2) is 8.62. The number of hydrogen-bond donors (Lipinski definition) is 3. The fourth-order valence-corrected chi connectivity index (χ4v) is 3.34. The van der Waals surface area contributed by atoms with Gasteiger partial charge in [0.25, 0.3) is 0 Å². The van der Waals surface area contributed by atoms with Crippen molar-refractivity contribution >= 4 is 5.96 Å². The second-order valence-electron chi connectivity index (χ2n) is 6.27. The van der Waals surface area contributed by atoms with Crippen molar-refractivity contribution in [3.05, 3.63) is 36.2 Å². The van der Waals surface area contributed by atoms with E-state index in [1.807, 2.05) is 19.2 Å². The number of aliphatic imine (C=N–C) groups is 1. The van der Waals surface area contributed by atoms with Crippen molar-refractivity contribution < 1.29 is 0 Å². The van der Waals surface area contributed by atoms with Crippen LogP contribution in [-0.2, 0) is 6.54 Å². The molecule has 1 atom stereocenters. The third kappa shape index (κ3) is 4.57. The molecule has 1 unspecified atom stereocenters. The predicted octanol–water partition coefficient (Wildman–Crippen LogP) is 1.62. The largest absolute Gasteiger partial charge is 0.355 e. The number of guanidine groups is 1. The van der Waals surface area contributed by atoms with E-state index in [9.17, 15) is 0 Å². The Bertz CT molecular complexity index is 680. The smallest absolute Gasteiger partial charge is 0.191 e. The highest BCUT2D eigenvalue weighted by Crippen LogP contribution is 2.16. The monoisotopic (exact) mass is 341 g/mol. The van der Waals surface area contributed by atoms with E-state index in [-0.39, 0.29) is 0 Å². The van der Waals surface area contributed by atoms with E-state index in [0.29, 0.717) is 12.6 Å². The highest BCUT2D eigenvalue weighted by atomic mass is 15.2. The van der Waals surface area contributed by atoms with E-state index >= 15 is 0 Å². The van der Waals surface area contributed by atoms with Crippen molar-refractivity contribution in [2.45, 2.75) is 32.4 Å². The zero-order chi connectivity index (χ0) is 17.5. The van der Waals surface area contributed by atoms with Crippen molar-refractivity contribution in [2.75, 3.05) is 26.7 Å². The lowest BCUT2D eigenvalue weighted by molar-refractivity contribution is 0.267. The Hall–Kier alpha value is -2.41. The molecule has 134 valence electrons. The Morgan fingerprint density at radius 2 is 2.32 bits per heavy atom. The van der Waals surface area contributed by atoms with Crippen LogP contribution in [0.4, 0.5) is 0 Å². The van der Waals surface area contributed by atoms with E-state index in [1.54, 1.807) is 0 Å². The van der Waals surface area contributed by atoms with Crippen LogP contribution in [0.3, 0.4) is 0 Å². The minimum Gasteiger partial charge on any atom is -0.355 e. The highest BCUT2D eigenvalue weighted by Gasteiger charge is 2.22. The van der Waals surface area contributed by atoms with Crippen molar-refractivity contribution in [3.63, 3.8) is 0 Å². The van der Waals surface area contributed by atoms with Gasteiger partial charge in [0.15, 0.2) is 11.8 Å². The Kier molecular flexibility index (Phi) is 6.00. The summed E-state index contributed by atoms with van der Waals surface area (Å²) < 4.78 is 0. The van der Waals surface area contributed by atoms with Crippen LogP contribution in [0, 0.1) is 0 Å². The molecule has 0 amide bonds. The number of nitrogens with one attached hydrogen (secondary N) is 3. The average Bonchev–Trinajstić information content (AvgIpc) is 3.33. The van der Waals surface area contributed by atoms with Gasteiger partial charge in [0.1, 0.15) is 6.33 Å². The molecule has 0 radical (unpaired) electrons. The minimum absolute atomic E-state index is 0.610. The summed E-state index contributed by atoms with van der Waals surface area (Å²) in [5.41, 5.74) is 2.21. The predicted molar refractivity (Wildman–Crippen MR) is 100 cm³/mol. The number of nitrogens with zero attached hydrogens (tertiary/aromatic N) is 4. The first-order valence-electron chi connectivity index (χ1n) is 8.93. The summed E-state index contributed by atoms with van der Waals surface area (Å²) in [5, 5.41) is 13.6. The number of benzene rings is 1. The van der Waals surface area contributed by atoms with Crippen LogP contribution < -0.4 is 10.6 Å². The lowest BCUT2D eigenvalue weighted by Crippen LogP contribution is -2.44. The van der Waals surface area contributed by atoms with Gasteiger partial charge in [-0.15, -0.1) is 0 Å². The maximum absolute atomic E-state index is 4.33. The lowest BCUT2D eigenvalue weighted by atomic mass is 10.1. The van der Waals surface area contributed by atoms with E-state index in [1.165, 1.54) is 31.3 Å². The Balaban J connectivity index is 1.52. The molecule has 0 aliphatic carbocycles. The summed E-state index contributed by atoms with van der Waals surface area (Å²) in [4.78, 5) is 11.1. The van der Waals surface area contributed by atoms with Gasteiger partial charge >= 0.3 is 0 Å². The maximum Gasteiger partial charge on any atom is 0.191 e. The molecule has 1 aliphatic heterocycles. The van der Waals surface area contributed by atoms with Crippen molar-refractivity contribution in [1.29, 1.82) is 0 Å². The quantitative estimate of drug-likeness (QED) is 0.549. The van der Waals surface area contributed by atoms with Gasteiger partial charge < -0.3 is 10.6 Å². The van der Waals surface area contributed by atoms with Gasteiger partial charge in [0.05, 0.1) is 0 Å². The fourth-order valence-electron chi connectivity index (χ4n) is 3.34. The average molecular weight is 341 g/mol. The summed E-state index contributed by atoms with van der Waals surface area (Å²) in [6, 6.07) is 8.87. The van der Waals surface area contributed by atoms with E-state index in [4.69, 9.17) is 0 Å². The van der Waals surface area contributed by atoms with E-state index in [2.05, 4.69) is 54.8 Å². The second-order valence-corrected chi connectivity index (χ2v) is 6.27. The minimum atomic E-state index is 0.610. The Labute approximate surface area is 149 Å². The molecule has 1 fully saturated rings. The number of aromatic nitrogens is 3. The molecule has 2 aromatic rings. The topological polar surface area (TPSA) is 81.2 Å². The van der Waals surface area contributed by atoms with Crippen LogP contribution in [0.15, 0.2) is 35.6 Å². The van der Waals surface area contributed by atoms with Crippen molar-refractivity contribution in [3.8, 4) is 11.4 Å². The van der Waals surface area contributed by atoms with Gasteiger partial charge in [-0.1, -0.05) is 25.1 Å². The normalized spacial score (nSPS) is 18.5. The van der Waals surface area contributed by atoms with Gasteiger partial charge in [-0.25, -0.2) is 4.98 Å².